The number of rotatable bonds is 5. The lowest BCUT2D eigenvalue weighted by molar-refractivity contribution is 0.250. The first kappa shape index (κ1) is 19.6. The molecule has 4 N–H and O–H groups in total. The number of halogens is 2. The second-order valence-electron chi connectivity index (χ2n) is 6.33. The van der Waals surface area contributed by atoms with Crippen LogP contribution in [-0.4, -0.2) is 19.4 Å². The fourth-order valence-electron chi connectivity index (χ4n) is 2.89. The maximum absolute atomic E-state index is 14.6. The number of benzene rings is 2. The first-order valence-electron chi connectivity index (χ1n) is 8.71. The van der Waals surface area contributed by atoms with Crippen molar-refractivity contribution in [2.75, 3.05) is 15.4 Å². The molecule has 4 rings (SSSR count). The van der Waals surface area contributed by atoms with Crippen LogP contribution in [0.3, 0.4) is 0 Å². The molecule has 1 aliphatic heterocycles. The summed E-state index contributed by atoms with van der Waals surface area (Å²) in [5.74, 6) is -2.31. The van der Waals surface area contributed by atoms with Gasteiger partial charge in [-0.2, -0.15) is 0 Å². The Morgan fingerprint density at radius 1 is 0.933 bits per heavy atom. The predicted molar refractivity (Wildman–Crippen MR) is 107 cm³/mol. The molecule has 8 nitrogen and oxygen atoms in total. The van der Waals surface area contributed by atoms with Crippen molar-refractivity contribution in [1.82, 2.24) is 10.3 Å². The summed E-state index contributed by atoms with van der Waals surface area (Å²) in [5.41, 5.74) is 0.238. The highest BCUT2D eigenvalue weighted by Gasteiger charge is 2.22. The number of nitrogens with zero attached hydrogens (tertiary/aromatic N) is 1. The van der Waals surface area contributed by atoms with Crippen molar-refractivity contribution in [2.24, 2.45) is 0 Å². The van der Waals surface area contributed by atoms with Crippen LogP contribution in [0.25, 0.3) is 0 Å². The molecule has 0 aliphatic carbocycles. The molecule has 1 aromatic heterocycles. The van der Waals surface area contributed by atoms with E-state index in [4.69, 9.17) is 0 Å². The monoisotopic (exact) mass is 431 g/mol. The van der Waals surface area contributed by atoms with E-state index in [-0.39, 0.29) is 17.1 Å². The number of amides is 2. The van der Waals surface area contributed by atoms with Gasteiger partial charge in [0.2, 0.25) is 0 Å². The lowest BCUT2D eigenvalue weighted by atomic mass is 10.1. The van der Waals surface area contributed by atoms with E-state index in [0.29, 0.717) is 17.1 Å². The van der Waals surface area contributed by atoms with E-state index >= 15 is 0 Å². The number of sulfonamides is 1. The van der Waals surface area contributed by atoms with E-state index in [2.05, 4.69) is 25.7 Å². The molecule has 2 amide bonds. The minimum absolute atomic E-state index is 0.0787. The van der Waals surface area contributed by atoms with Crippen LogP contribution >= 0.6 is 0 Å². The van der Waals surface area contributed by atoms with E-state index in [1.165, 1.54) is 36.5 Å². The third kappa shape index (κ3) is 3.74. The second kappa shape index (κ2) is 7.59. The molecule has 11 heteroatoms. The number of pyridine rings is 1. The number of carbonyl (C=O) groups excluding carboxylic acids is 1. The first-order valence-corrected chi connectivity index (χ1v) is 10.2. The largest absolute Gasteiger partial charge is 0.353 e. The number of urea groups is 1. The Balaban J connectivity index is 1.62. The summed E-state index contributed by atoms with van der Waals surface area (Å²) in [5, 5.41) is 7.84. The van der Waals surface area contributed by atoms with Crippen molar-refractivity contribution in [3.05, 3.63) is 71.9 Å². The Morgan fingerprint density at radius 2 is 1.63 bits per heavy atom. The third-order valence-electron chi connectivity index (χ3n) is 4.36. The average Bonchev–Trinajstić information content (AvgIpc) is 2.74. The molecule has 0 fully saturated rings. The Bertz CT molecular complexity index is 1240. The highest BCUT2D eigenvalue weighted by atomic mass is 32.2. The quantitative estimate of drug-likeness (QED) is 0.494. The average molecular weight is 431 g/mol. The van der Waals surface area contributed by atoms with Gasteiger partial charge in [-0.05, 0) is 30.3 Å². The number of aromatic nitrogens is 1. The molecule has 0 saturated carbocycles. The van der Waals surface area contributed by atoms with Crippen molar-refractivity contribution >= 4 is 38.9 Å². The van der Waals surface area contributed by atoms with Crippen LogP contribution in [0, 0.1) is 11.6 Å². The number of hydrogen-bond acceptors (Lipinski definition) is 5. The molecule has 0 unspecified atom stereocenters. The topological polar surface area (TPSA) is 112 Å². The minimum Gasteiger partial charge on any atom is -0.353 e. The Hall–Kier alpha value is -3.73. The summed E-state index contributed by atoms with van der Waals surface area (Å²) >= 11 is 0. The molecule has 0 radical (unpaired) electrons. The number of anilines is 4. The molecule has 154 valence electrons. The molecular weight excluding hydrogens is 416 g/mol. The smallest absolute Gasteiger partial charge is 0.320 e. The third-order valence-corrected chi connectivity index (χ3v) is 5.74. The molecule has 1 aliphatic rings. The second-order valence-corrected chi connectivity index (χ2v) is 8.01. The van der Waals surface area contributed by atoms with Crippen LogP contribution in [0.1, 0.15) is 5.56 Å². The maximum Gasteiger partial charge on any atom is 0.320 e. The zero-order chi connectivity index (χ0) is 21.3. The predicted octanol–water partition coefficient (Wildman–Crippen LogP) is 3.54. The van der Waals surface area contributed by atoms with Gasteiger partial charge in [0.1, 0.15) is 5.82 Å². The SMILES string of the molecule is O=C1NCc2c(Nc3ccc(NS(=O)(=O)c4ccccc4)c(F)c3F)ccnc2N1. The maximum atomic E-state index is 14.6. The van der Waals surface area contributed by atoms with E-state index in [1.54, 1.807) is 12.1 Å². The number of carbonyl (C=O) groups is 1. The molecule has 30 heavy (non-hydrogen) atoms. The number of hydrogen-bond donors (Lipinski definition) is 4. The van der Waals surface area contributed by atoms with Crippen molar-refractivity contribution in [3.8, 4) is 0 Å². The summed E-state index contributed by atoms with van der Waals surface area (Å²) in [6.07, 6.45) is 1.41. The summed E-state index contributed by atoms with van der Waals surface area (Å²) < 4.78 is 56.0. The summed E-state index contributed by atoms with van der Waals surface area (Å²) in [6, 6.07) is 10.8. The Kier molecular flexibility index (Phi) is 4.96. The van der Waals surface area contributed by atoms with Gasteiger partial charge in [0.25, 0.3) is 10.0 Å². The van der Waals surface area contributed by atoms with Gasteiger partial charge in [-0.25, -0.2) is 27.0 Å². The minimum atomic E-state index is -4.08. The lowest BCUT2D eigenvalue weighted by Gasteiger charge is -2.21. The highest BCUT2D eigenvalue weighted by Crippen LogP contribution is 2.31. The van der Waals surface area contributed by atoms with Crippen LogP contribution in [0.15, 0.2) is 59.6 Å². The van der Waals surface area contributed by atoms with Gasteiger partial charge in [-0.3, -0.25) is 10.0 Å². The van der Waals surface area contributed by atoms with Crippen molar-refractivity contribution in [2.45, 2.75) is 11.4 Å². The van der Waals surface area contributed by atoms with Crippen molar-refractivity contribution in [1.29, 1.82) is 0 Å². The normalized spacial score (nSPS) is 13.1. The van der Waals surface area contributed by atoms with Crippen LogP contribution in [0.4, 0.5) is 36.5 Å². The molecular formula is C19H15F2N5O3S. The highest BCUT2D eigenvalue weighted by molar-refractivity contribution is 7.92. The van der Waals surface area contributed by atoms with Crippen LogP contribution in [0.2, 0.25) is 0 Å². The molecule has 0 saturated heterocycles. The number of nitrogens with one attached hydrogen (secondary N) is 4. The zero-order valence-corrected chi connectivity index (χ0v) is 16.1. The van der Waals surface area contributed by atoms with Gasteiger partial charge < -0.3 is 10.6 Å². The molecule has 0 bridgehead atoms. The zero-order valence-electron chi connectivity index (χ0n) is 15.2. The fourth-order valence-corrected chi connectivity index (χ4v) is 3.97. The van der Waals surface area contributed by atoms with E-state index in [9.17, 15) is 22.0 Å². The van der Waals surface area contributed by atoms with E-state index < -0.39 is 33.4 Å². The standard InChI is InChI=1S/C19H15F2N5O3S/c20-16-14(24-13-8-9-22-18-12(13)10-23-19(27)25-18)6-7-15(17(16)21)26-30(28,29)11-4-2-1-3-5-11/h1-9,26H,10H2,(H3,22,23,24,25,27). The van der Waals surface area contributed by atoms with Crippen molar-refractivity contribution in [3.63, 3.8) is 0 Å². The van der Waals surface area contributed by atoms with E-state index in [0.717, 1.165) is 6.07 Å². The van der Waals surface area contributed by atoms with E-state index in [1.807, 2.05) is 0 Å². The Labute approximate surface area is 170 Å². The summed E-state index contributed by atoms with van der Waals surface area (Å²) in [7, 11) is -4.08. The van der Waals surface area contributed by atoms with Gasteiger partial charge >= 0.3 is 6.03 Å². The molecule has 2 aromatic carbocycles. The van der Waals surface area contributed by atoms with Crippen molar-refractivity contribution < 1.29 is 22.0 Å². The summed E-state index contributed by atoms with van der Waals surface area (Å²) in [6.45, 7) is 0.149. The van der Waals surface area contributed by atoms with Gasteiger partial charge in [0.05, 0.1) is 22.8 Å². The fraction of sp³-hybridized carbons (Fsp3) is 0.0526. The summed E-state index contributed by atoms with van der Waals surface area (Å²) in [4.78, 5) is 15.4. The molecule has 3 aromatic rings. The van der Waals surface area contributed by atoms with Gasteiger partial charge in [-0.1, -0.05) is 18.2 Å². The van der Waals surface area contributed by atoms with Crippen LogP contribution in [0.5, 0.6) is 0 Å². The number of fused-ring (bicyclic) bond motifs is 1. The molecule has 2 heterocycles. The van der Waals surface area contributed by atoms with Crippen LogP contribution < -0.4 is 20.7 Å². The van der Waals surface area contributed by atoms with Gasteiger partial charge in [0.15, 0.2) is 11.6 Å². The first-order chi connectivity index (χ1) is 14.3. The Morgan fingerprint density at radius 3 is 2.40 bits per heavy atom. The van der Waals surface area contributed by atoms with Gasteiger partial charge in [0, 0.05) is 17.4 Å². The molecule has 0 atom stereocenters. The molecule has 0 spiro atoms. The lowest BCUT2D eigenvalue weighted by Crippen LogP contribution is -2.34. The van der Waals surface area contributed by atoms with Gasteiger partial charge in [-0.15, -0.1) is 0 Å². The van der Waals surface area contributed by atoms with Crippen LogP contribution in [-0.2, 0) is 16.6 Å².